The highest BCUT2D eigenvalue weighted by Crippen LogP contribution is 2.39. The molecule has 0 unspecified atom stereocenters. The fourth-order valence-electron chi connectivity index (χ4n) is 8.15. The van der Waals surface area contributed by atoms with E-state index in [1.54, 1.807) is 0 Å². The van der Waals surface area contributed by atoms with Crippen LogP contribution in [0, 0.1) is 0 Å². The van der Waals surface area contributed by atoms with E-state index in [1.165, 1.54) is 22.3 Å². The third-order valence-electron chi connectivity index (χ3n) is 11.4. The number of fused-ring (bicyclic) bond motifs is 3. The van der Waals surface area contributed by atoms with E-state index in [0.29, 0.717) is 17.5 Å². The first-order valence-corrected chi connectivity index (χ1v) is 20.8. The monoisotopic (exact) mass is 794 g/mol. The fourth-order valence-corrected chi connectivity index (χ4v) is 8.15. The van der Waals surface area contributed by atoms with Gasteiger partial charge in [0.2, 0.25) is 0 Å². The third kappa shape index (κ3) is 7.18. The summed E-state index contributed by atoms with van der Waals surface area (Å²) in [5.74, 6) is 1.84. The molecule has 9 aromatic carbocycles. The molecule has 0 spiro atoms. The van der Waals surface area contributed by atoms with Crippen LogP contribution in [0.25, 0.3) is 89.5 Å². The van der Waals surface area contributed by atoms with Crippen molar-refractivity contribution in [1.29, 1.82) is 0 Å². The lowest BCUT2D eigenvalue weighted by Crippen LogP contribution is -2.09. The van der Waals surface area contributed by atoms with Crippen LogP contribution in [-0.2, 0) is 0 Å². The van der Waals surface area contributed by atoms with E-state index in [1.807, 2.05) is 66.7 Å². The van der Waals surface area contributed by atoms with Gasteiger partial charge in [0.1, 0.15) is 11.2 Å². The minimum atomic E-state index is 0.592. The number of furan rings is 1. The van der Waals surface area contributed by atoms with Gasteiger partial charge in [0.25, 0.3) is 0 Å². The van der Waals surface area contributed by atoms with Gasteiger partial charge >= 0.3 is 0 Å². The molecular formula is C57H38N4O. The molecule has 0 amide bonds. The quantitative estimate of drug-likeness (QED) is 0.146. The lowest BCUT2D eigenvalue weighted by molar-refractivity contribution is 0.669. The highest BCUT2D eigenvalue weighted by Gasteiger charge is 2.17. The van der Waals surface area contributed by atoms with Gasteiger partial charge in [-0.25, -0.2) is 15.0 Å². The third-order valence-corrected chi connectivity index (χ3v) is 11.4. The van der Waals surface area contributed by atoms with Crippen LogP contribution in [0.15, 0.2) is 235 Å². The van der Waals surface area contributed by atoms with Crippen molar-refractivity contribution in [3.05, 3.63) is 231 Å². The summed E-state index contributed by atoms with van der Waals surface area (Å²) in [5, 5.41) is 2.10. The second-order valence-corrected chi connectivity index (χ2v) is 15.3. The molecule has 11 rings (SSSR count). The summed E-state index contributed by atoms with van der Waals surface area (Å²) in [7, 11) is 0. The molecule has 0 fully saturated rings. The van der Waals surface area contributed by atoms with Crippen LogP contribution in [0.3, 0.4) is 0 Å². The number of benzene rings is 9. The van der Waals surface area contributed by atoms with Crippen LogP contribution < -0.4 is 4.90 Å². The highest BCUT2D eigenvalue weighted by atomic mass is 16.3. The van der Waals surface area contributed by atoms with E-state index in [9.17, 15) is 0 Å². The van der Waals surface area contributed by atoms with Crippen molar-refractivity contribution >= 4 is 39.0 Å². The Morgan fingerprint density at radius 2 is 0.548 bits per heavy atom. The molecule has 292 valence electrons. The maximum atomic E-state index is 6.59. The van der Waals surface area contributed by atoms with Gasteiger partial charge in [0, 0.05) is 44.5 Å². The van der Waals surface area contributed by atoms with Crippen molar-refractivity contribution in [2.24, 2.45) is 0 Å². The molecule has 62 heavy (non-hydrogen) atoms. The lowest BCUT2D eigenvalue weighted by atomic mass is 10.0. The van der Waals surface area contributed by atoms with Crippen molar-refractivity contribution in [2.45, 2.75) is 0 Å². The summed E-state index contributed by atoms with van der Waals surface area (Å²) >= 11 is 0. The normalized spacial score (nSPS) is 11.2. The van der Waals surface area contributed by atoms with Crippen molar-refractivity contribution in [1.82, 2.24) is 15.0 Å². The molecule has 0 aliphatic rings. The Labute approximate surface area is 359 Å². The molecule has 5 heteroatoms. The average Bonchev–Trinajstić information content (AvgIpc) is 3.73. The predicted molar refractivity (Wildman–Crippen MR) is 254 cm³/mol. The Bertz CT molecular complexity index is 3160. The Kier molecular flexibility index (Phi) is 9.45. The molecule has 2 heterocycles. The summed E-state index contributed by atoms with van der Waals surface area (Å²) < 4.78 is 6.59. The standard InChI is InChI=1S/C57H38N4O/c1-5-13-39(14-6-1)41-21-29-48(30-22-41)61(49-31-23-42(24-32-49)40-15-7-2-8-16-40)50-33-25-43(26-34-50)46-27-35-51-52-36-28-47(38-54(52)62-53(51)37-46)57-59-55(44-17-9-3-10-18-44)58-56(60-57)45-19-11-4-12-20-45/h1-38H. The number of anilines is 3. The molecule has 0 N–H and O–H groups in total. The van der Waals surface area contributed by atoms with Crippen LogP contribution in [-0.4, -0.2) is 15.0 Å². The molecule has 0 radical (unpaired) electrons. The second kappa shape index (κ2) is 16.0. The largest absolute Gasteiger partial charge is 0.456 e. The van der Waals surface area contributed by atoms with Crippen LogP contribution in [0.2, 0.25) is 0 Å². The van der Waals surface area contributed by atoms with Crippen molar-refractivity contribution < 1.29 is 4.42 Å². The Morgan fingerprint density at radius 3 is 0.952 bits per heavy atom. The maximum Gasteiger partial charge on any atom is 0.164 e. The van der Waals surface area contributed by atoms with E-state index in [-0.39, 0.29) is 0 Å². The first kappa shape index (κ1) is 36.7. The molecule has 0 aliphatic carbocycles. The Morgan fingerprint density at radius 1 is 0.258 bits per heavy atom. The van der Waals surface area contributed by atoms with E-state index in [0.717, 1.165) is 66.8 Å². The number of rotatable bonds is 9. The van der Waals surface area contributed by atoms with Gasteiger partial charge in [-0.3, -0.25) is 0 Å². The molecule has 0 bridgehead atoms. The number of aromatic nitrogens is 3. The van der Waals surface area contributed by atoms with Crippen molar-refractivity contribution in [3.63, 3.8) is 0 Å². The second-order valence-electron chi connectivity index (χ2n) is 15.3. The summed E-state index contributed by atoms with van der Waals surface area (Å²) in [6.45, 7) is 0. The molecule has 11 aromatic rings. The lowest BCUT2D eigenvalue weighted by Gasteiger charge is -2.26. The van der Waals surface area contributed by atoms with E-state index >= 15 is 0 Å². The van der Waals surface area contributed by atoms with Crippen LogP contribution in [0.1, 0.15) is 0 Å². The van der Waals surface area contributed by atoms with Gasteiger partial charge in [-0.05, 0) is 94.0 Å². The zero-order valence-corrected chi connectivity index (χ0v) is 33.6. The minimum Gasteiger partial charge on any atom is -0.456 e. The molecule has 0 atom stereocenters. The zero-order valence-electron chi connectivity index (χ0n) is 33.6. The topological polar surface area (TPSA) is 55.1 Å². The zero-order chi connectivity index (χ0) is 41.2. The van der Waals surface area contributed by atoms with Crippen LogP contribution in [0.4, 0.5) is 17.1 Å². The molecule has 0 aliphatic heterocycles. The first-order valence-electron chi connectivity index (χ1n) is 20.8. The van der Waals surface area contributed by atoms with Gasteiger partial charge in [0.15, 0.2) is 17.5 Å². The fraction of sp³-hybridized carbons (Fsp3) is 0. The molecule has 5 nitrogen and oxygen atoms in total. The van der Waals surface area contributed by atoms with Crippen molar-refractivity contribution in [2.75, 3.05) is 4.90 Å². The number of hydrogen-bond donors (Lipinski definition) is 0. The SMILES string of the molecule is c1ccc(-c2ccc(N(c3ccc(-c4ccccc4)cc3)c3ccc(-c4ccc5c(c4)oc4cc(-c6nc(-c7ccccc7)nc(-c7ccccc7)n6)ccc45)cc3)cc2)cc1. The first-order chi connectivity index (χ1) is 30.7. The van der Waals surface area contributed by atoms with Gasteiger partial charge < -0.3 is 9.32 Å². The number of nitrogens with zero attached hydrogens (tertiary/aromatic N) is 4. The van der Waals surface area contributed by atoms with Crippen LogP contribution >= 0.6 is 0 Å². The summed E-state index contributed by atoms with van der Waals surface area (Å²) in [6.07, 6.45) is 0. The molecule has 0 saturated carbocycles. The predicted octanol–water partition coefficient (Wildman–Crippen LogP) is 15.2. The minimum absolute atomic E-state index is 0.592. The molecule has 0 saturated heterocycles. The Hall–Kier alpha value is -8.41. The van der Waals surface area contributed by atoms with E-state index in [2.05, 4.69) is 169 Å². The summed E-state index contributed by atoms with van der Waals surface area (Å²) in [4.78, 5) is 17.0. The van der Waals surface area contributed by atoms with E-state index < -0.39 is 0 Å². The van der Waals surface area contributed by atoms with Gasteiger partial charge in [-0.1, -0.05) is 170 Å². The van der Waals surface area contributed by atoms with Gasteiger partial charge in [0.05, 0.1) is 0 Å². The molecule has 2 aromatic heterocycles. The average molecular weight is 795 g/mol. The Balaban J connectivity index is 0.923. The van der Waals surface area contributed by atoms with Gasteiger partial charge in [-0.2, -0.15) is 0 Å². The van der Waals surface area contributed by atoms with E-state index in [4.69, 9.17) is 19.4 Å². The number of hydrogen-bond acceptors (Lipinski definition) is 5. The highest BCUT2D eigenvalue weighted by molar-refractivity contribution is 6.07. The molecular weight excluding hydrogens is 757 g/mol. The smallest absolute Gasteiger partial charge is 0.164 e. The van der Waals surface area contributed by atoms with Gasteiger partial charge in [-0.15, -0.1) is 0 Å². The summed E-state index contributed by atoms with van der Waals surface area (Å²) in [6, 6.07) is 80.1. The van der Waals surface area contributed by atoms with Crippen LogP contribution in [0.5, 0.6) is 0 Å². The summed E-state index contributed by atoms with van der Waals surface area (Å²) in [5.41, 5.74) is 14.5. The van der Waals surface area contributed by atoms with Crippen molar-refractivity contribution in [3.8, 4) is 67.5 Å². The maximum absolute atomic E-state index is 6.59.